The van der Waals surface area contributed by atoms with E-state index in [1.165, 1.54) is 5.56 Å². The number of nitrogens with one attached hydrogen (secondary N) is 1. The molecule has 7 heteroatoms. The number of carbonyl (C=O) groups excluding carboxylic acids is 1. The number of hydrogen-bond donors (Lipinski definition) is 1. The Morgan fingerprint density at radius 3 is 2.38 bits per heavy atom. The monoisotopic (exact) mass is 432 g/mol. The van der Waals surface area contributed by atoms with Gasteiger partial charge < -0.3 is 5.32 Å². The Morgan fingerprint density at radius 1 is 0.938 bits per heavy atom. The average Bonchev–Trinajstić information content (AvgIpc) is 3.07. The zero-order chi connectivity index (χ0) is 22.3. The largest absolute Gasteiger partial charge is 0.351 e. The molecule has 2 aromatic heterocycles. The van der Waals surface area contributed by atoms with Crippen molar-refractivity contribution in [2.45, 2.75) is 33.5 Å². The third kappa shape index (κ3) is 5.81. The molecule has 1 N–H and O–H groups in total. The number of rotatable bonds is 8. The van der Waals surface area contributed by atoms with Crippen LogP contribution in [-0.4, -0.2) is 63.2 Å². The molecule has 0 radical (unpaired) electrons. The minimum absolute atomic E-state index is 0.0674. The minimum Gasteiger partial charge on any atom is -0.351 e. The lowest BCUT2D eigenvalue weighted by Gasteiger charge is -2.34. The summed E-state index contributed by atoms with van der Waals surface area (Å²) in [6.07, 6.45) is 1.84. The summed E-state index contributed by atoms with van der Waals surface area (Å²) >= 11 is 0. The van der Waals surface area contributed by atoms with Gasteiger partial charge in [0, 0.05) is 56.7 Å². The van der Waals surface area contributed by atoms with Gasteiger partial charge in [0.1, 0.15) is 0 Å². The molecule has 4 rings (SSSR count). The molecule has 7 nitrogen and oxygen atoms in total. The van der Waals surface area contributed by atoms with Crippen molar-refractivity contribution < 1.29 is 4.79 Å². The summed E-state index contributed by atoms with van der Waals surface area (Å²) < 4.78 is 2.02. The summed E-state index contributed by atoms with van der Waals surface area (Å²) in [6.45, 7) is 10.3. The Bertz CT molecular complexity index is 1010. The molecule has 3 aromatic rings. The molecule has 168 valence electrons. The van der Waals surface area contributed by atoms with Gasteiger partial charge >= 0.3 is 0 Å². The SMILES string of the molecule is Cc1nn(Cc2ccccc2)c(C)c1CNC(=O)CN1CCN(Cc2ccccn2)CC1. The zero-order valence-electron chi connectivity index (χ0n) is 19.0. The Balaban J connectivity index is 1.23. The fourth-order valence-electron chi connectivity index (χ4n) is 4.17. The topological polar surface area (TPSA) is 66.3 Å². The Labute approximate surface area is 190 Å². The first kappa shape index (κ1) is 22.2. The van der Waals surface area contributed by atoms with Gasteiger partial charge in [-0.2, -0.15) is 5.10 Å². The lowest BCUT2D eigenvalue weighted by atomic mass is 10.2. The molecule has 1 aliphatic rings. The van der Waals surface area contributed by atoms with Gasteiger partial charge in [0.05, 0.1) is 24.5 Å². The predicted molar refractivity (Wildman–Crippen MR) is 125 cm³/mol. The van der Waals surface area contributed by atoms with Gasteiger partial charge in [0.2, 0.25) is 5.91 Å². The molecule has 0 unspecified atom stereocenters. The van der Waals surface area contributed by atoms with E-state index >= 15 is 0 Å². The summed E-state index contributed by atoms with van der Waals surface area (Å²) in [5, 5.41) is 7.78. The maximum absolute atomic E-state index is 12.6. The van der Waals surface area contributed by atoms with Crippen LogP contribution in [-0.2, 0) is 24.4 Å². The summed E-state index contributed by atoms with van der Waals surface area (Å²) in [5.74, 6) is 0.0674. The maximum atomic E-state index is 12.6. The molecule has 32 heavy (non-hydrogen) atoms. The van der Waals surface area contributed by atoms with Crippen molar-refractivity contribution >= 4 is 5.91 Å². The van der Waals surface area contributed by atoms with Crippen LogP contribution >= 0.6 is 0 Å². The molecular formula is C25H32N6O. The molecule has 1 aromatic carbocycles. The molecule has 0 spiro atoms. The van der Waals surface area contributed by atoms with Gasteiger partial charge in [-0.15, -0.1) is 0 Å². The summed E-state index contributed by atoms with van der Waals surface area (Å²) in [7, 11) is 0. The van der Waals surface area contributed by atoms with Gasteiger partial charge in [0.25, 0.3) is 0 Å². The van der Waals surface area contributed by atoms with E-state index in [9.17, 15) is 4.79 Å². The van der Waals surface area contributed by atoms with E-state index in [-0.39, 0.29) is 5.91 Å². The average molecular weight is 433 g/mol. The van der Waals surface area contributed by atoms with Gasteiger partial charge in [-0.1, -0.05) is 36.4 Å². The first-order chi connectivity index (χ1) is 15.6. The van der Waals surface area contributed by atoms with Crippen LogP contribution in [0.3, 0.4) is 0 Å². The first-order valence-electron chi connectivity index (χ1n) is 11.3. The van der Waals surface area contributed by atoms with E-state index in [1.54, 1.807) is 0 Å². The zero-order valence-corrected chi connectivity index (χ0v) is 19.0. The van der Waals surface area contributed by atoms with Crippen molar-refractivity contribution in [3.63, 3.8) is 0 Å². The number of carbonyl (C=O) groups is 1. The summed E-state index contributed by atoms with van der Waals surface area (Å²) in [6, 6.07) is 16.3. The van der Waals surface area contributed by atoms with Crippen LogP contribution in [0.2, 0.25) is 0 Å². The molecule has 0 atom stereocenters. The molecule has 1 saturated heterocycles. The second-order valence-corrected chi connectivity index (χ2v) is 8.44. The summed E-state index contributed by atoms with van der Waals surface area (Å²) in [5.41, 5.74) is 5.50. The molecule has 3 heterocycles. The molecule has 1 aliphatic heterocycles. The Kier molecular flexibility index (Phi) is 7.29. The standard InChI is InChI=1S/C25H32N6O/c1-20-24(21(2)31(28-20)17-22-8-4-3-5-9-22)16-27-25(32)19-30-14-12-29(13-15-30)18-23-10-6-7-11-26-23/h3-11H,12-19H2,1-2H3,(H,27,32). The van der Waals surface area contributed by atoms with Gasteiger partial charge in [-0.3, -0.25) is 24.3 Å². The number of benzene rings is 1. The third-order valence-electron chi connectivity index (χ3n) is 6.11. The number of hydrogen-bond acceptors (Lipinski definition) is 5. The van der Waals surface area contributed by atoms with Crippen molar-refractivity contribution in [3.05, 3.63) is 82.9 Å². The highest BCUT2D eigenvalue weighted by Crippen LogP contribution is 2.15. The van der Waals surface area contributed by atoms with E-state index in [1.807, 2.05) is 48.1 Å². The quantitative estimate of drug-likeness (QED) is 0.592. The van der Waals surface area contributed by atoms with Crippen molar-refractivity contribution in [3.8, 4) is 0 Å². The van der Waals surface area contributed by atoms with E-state index in [0.717, 1.165) is 61.9 Å². The first-order valence-corrected chi connectivity index (χ1v) is 11.3. The maximum Gasteiger partial charge on any atom is 0.234 e. The highest BCUT2D eigenvalue weighted by Gasteiger charge is 2.20. The third-order valence-corrected chi connectivity index (χ3v) is 6.11. The number of amides is 1. The number of pyridine rings is 1. The molecule has 0 aliphatic carbocycles. The van der Waals surface area contributed by atoms with Crippen LogP contribution < -0.4 is 5.32 Å². The predicted octanol–water partition coefficient (Wildman–Crippen LogP) is 2.38. The molecule has 0 saturated carbocycles. The van der Waals surface area contributed by atoms with Crippen LogP contribution in [0.25, 0.3) is 0 Å². The highest BCUT2D eigenvalue weighted by molar-refractivity contribution is 5.78. The van der Waals surface area contributed by atoms with Crippen LogP contribution in [0.1, 0.15) is 28.2 Å². The fourth-order valence-corrected chi connectivity index (χ4v) is 4.17. The van der Waals surface area contributed by atoms with Crippen LogP contribution in [0.15, 0.2) is 54.7 Å². The lowest BCUT2D eigenvalue weighted by Crippen LogP contribution is -2.49. The van der Waals surface area contributed by atoms with Gasteiger partial charge in [-0.05, 0) is 31.5 Å². The van der Waals surface area contributed by atoms with Crippen molar-refractivity contribution in [2.75, 3.05) is 32.7 Å². The molecule has 0 bridgehead atoms. The van der Waals surface area contributed by atoms with Gasteiger partial charge in [-0.25, -0.2) is 0 Å². The van der Waals surface area contributed by atoms with Crippen LogP contribution in [0.5, 0.6) is 0 Å². The number of piperazine rings is 1. The van der Waals surface area contributed by atoms with Gasteiger partial charge in [0.15, 0.2) is 0 Å². The molecule has 1 fully saturated rings. The normalized spacial score (nSPS) is 15.1. The number of aromatic nitrogens is 3. The Morgan fingerprint density at radius 2 is 1.66 bits per heavy atom. The number of aryl methyl sites for hydroxylation is 1. The second-order valence-electron chi connectivity index (χ2n) is 8.44. The van der Waals surface area contributed by atoms with Crippen LogP contribution in [0.4, 0.5) is 0 Å². The van der Waals surface area contributed by atoms with E-state index in [2.05, 4.69) is 50.3 Å². The molecular weight excluding hydrogens is 400 g/mol. The smallest absolute Gasteiger partial charge is 0.234 e. The lowest BCUT2D eigenvalue weighted by molar-refractivity contribution is -0.122. The van der Waals surface area contributed by atoms with Crippen molar-refractivity contribution in [1.29, 1.82) is 0 Å². The van der Waals surface area contributed by atoms with E-state index in [0.29, 0.717) is 13.1 Å². The fraction of sp³-hybridized carbons (Fsp3) is 0.400. The van der Waals surface area contributed by atoms with Crippen LogP contribution in [0, 0.1) is 13.8 Å². The van der Waals surface area contributed by atoms with E-state index < -0.39 is 0 Å². The molecule has 1 amide bonds. The van der Waals surface area contributed by atoms with Crippen molar-refractivity contribution in [2.24, 2.45) is 0 Å². The minimum atomic E-state index is 0.0674. The van der Waals surface area contributed by atoms with E-state index in [4.69, 9.17) is 0 Å². The number of nitrogens with zero attached hydrogens (tertiary/aromatic N) is 5. The van der Waals surface area contributed by atoms with Crippen molar-refractivity contribution in [1.82, 2.24) is 29.9 Å². The Hall–Kier alpha value is -3.03. The highest BCUT2D eigenvalue weighted by atomic mass is 16.2. The summed E-state index contributed by atoms with van der Waals surface area (Å²) in [4.78, 5) is 21.6. The second kappa shape index (κ2) is 10.5.